The van der Waals surface area contributed by atoms with Gasteiger partial charge in [-0.3, -0.25) is 0 Å². The van der Waals surface area contributed by atoms with E-state index in [1.165, 1.54) is 51.5 Å². The highest BCUT2D eigenvalue weighted by Crippen LogP contribution is 2.55. The van der Waals surface area contributed by atoms with Crippen LogP contribution in [0.25, 0.3) is 11.8 Å². The highest BCUT2D eigenvalue weighted by atomic mass is 28.3. The van der Waals surface area contributed by atoms with E-state index in [1.54, 1.807) is 0 Å². The van der Waals surface area contributed by atoms with E-state index in [0.29, 0.717) is 12.0 Å². The van der Waals surface area contributed by atoms with E-state index in [4.69, 9.17) is 4.84 Å². The summed E-state index contributed by atoms with van der Waals surface area (Å²) < 4.78 is 2.17. The van der Waals surface area contributed by atoms with Crippen molar-refractivity contribution >= 4 is 25.2 Å². The Balaban J connectivity index is 1.23. The highest BCUT2D eigenvalue weighted by Gasteiger charge is 2.51. The van der Waals surface area contributed by atoms with Crippen molar-refractivity contribution in [3.8, 4) is 5.69 Å². The molecule has 2 aliphatic carbocycles. The van der Waals surface area contributed by atoms with Crippen LogP contribution in [0.2, 0.25) is 19.6 Å². The van der Waals surface area contributed by atoms with Crippen LogP contribution in [0, 0.1) is 12.3 Å². The third kappa shape index (κ3) is 3.97. The number of imidazole rings is 1. The molecule has 1 unspecified atom stereocenters. The van der Waals surface area contributed by atoms with Crippen molar-refractivity contribution in [1.29, 1.82) is 0 Å². The molecular formula is C31H36N4OSi. The monoisotopic (exact) mass is 508 g/mol. The first-order valence-corrected chi connectivity index (χ1v) is 17.2. The number of aromatic nitrogens is 2. The number of piperidine rings is 1. The van der Waals surface area contributed by atoms with Gasteiger partial charge >= 0.3 is 0 Å². The molecule has 7 rings (SSSR count). The van der Waals surface area contributed by atoms with Crippen LogP contribution in [0.15, 0.2) is 59.7 Å². The maximum absolute atomic E-state index is 5.91. The fourth-order valence-corrected chi connectivity index (χ4v) is 7.53. The first kappa shape index (κ1) is 23.0. The normalized spacial score (nSPS) is 22.7. The molecule has 2 fully saturated rings. The first-order chi connectivity index (χ1) is 17.8. The smallest absolute Gasteiger partial charge is 0.172 e. The Hall–Kier alpha value is -3.12. The van der Waals surface area contributed by atoms with Gasteiger partial charge in [0.2, 0.25) is 0 Å². The predicted molar refractivity (Wildman–Crippen MR) is 152 cm³/mol. The molecule has 1 saturated carbocycles. The molecule has 0 radical (unpaired) electrons. The molecule has 1 aromatic heterocycles. The van der Waals surface area contributed by atoms with Gasteiger partial charge in [-0.05, 0) is 84.4 Å². The minimum atomic E-state index is -1.32. The first-order valence-electron chi connectivity index (χ1n) is 13.7. The summed E-state index contributed by atoms with van der Waals surface area (Å²) in [5.74, 6) is 1.05. The summed E-state index contributed by atoms with van der Waals surface area (Å²) in [5.41, 5.74) is 9.70. The van der Waals surface area contributed by atoms with Crippen LogP contribution in [0.3, 0.4) is 0 Å². The van der Waals surface area contributed by atoms with E-state index in [9.17, 15) is 0 Å². The van der Waals surface area contributed by atoms with E-state index in [2.05, 4.69) is 87.9 Å². The molecule has 190 valence electrons. The molecule has 3 heterocycles. The molecule has 1 spiro atoms. The lowest BCUT2D eigenvalue weighted by Gasteiger charge is -2.44. The summed E-state index contributed by atoms with van der Waals surface area (Å²) in [6.45, 7) is 11.0. The Morgan fingerprint density at radius 3 is 2.46 bits per heavy atom. The van der Waals surface area contributed by atoms with Gasteiger partial charge in [-0.2, -0.15) is 0 Å². The minimum Gasteiger partial charge on any atom is -0.392 e. The number of rotatable bonds is 4. The average Bonchev–Trinajstić information content (AvgIpc) is 3.44. The Kier molecular flexibility index (Phi) is 5.10. The number of benzene rings is 2. The van der Waals surface area contributed by atoms with E-state index in [-0.39, 0.29) is 6.04 Å². The summed E-state index contributed by atoms with van der Waals surface area (Å²) in [4.78, 5) is 12.9. The second kappa shape index (κ2) is 8.19. The maximum Gasteiger partial charge on any atom is 0.172 e. The highest BCUT2D eigenvalue weighted by molar-refractivity contribution is 6.88. The molecule has 0 amide bonds. The van der Waals surface area contributed by atoms with Gasteiger partial charge < -0.3 is 14.3 Å². The van der Waals surface area contributed by atoms with Crippen LogP contribution >= 0.6 is 0 Å². The number of amidine groups is 1. The van der Waals surface area contributed by atoms with Crippen molar-refractivity contribution < 1.29 is 4.84 Å². The summed E-state index contributed by atoms with van der Waals surface area (Å²) in [5, 5.41) is 6.17. The lowest BCUT2D eigenvalue weighted by Crippen LogP contribution is -2.48. The Morgan fingerprint density at radius 2 is 1.81 bits per heavy atom. The summed E-state index contributed by atoms with van der Waals surface area (Å²) >= 11 is 0. The molecule has 2 aromatic carbocycles. The van der Waals surface area contributed by atoms with E-state index >= 15 is 0 Å². The molecule has 0 bridgehead atoms. The van der Waals surface area contributed by atoms with Gasteiger partial charge in [0.25, 0.3) is 0 Å². The Morgan fingerprint density at radius 1 is 1.03 bits per heavy atom. The fraction of sp³-hybridized carbons (Fsp3) is 0.419. The third-order valence-electron chi connectivity index (χ3n) is 8.90. The number of oxime groups is 1. The predicted octanol–water partition coefficient (Wildman–Crippen LogP) is 5.78. The van der Waals surface area contributed by atoms with Crippen LogP contribution < -0.4 is 5.19 Å². The van der Waals surface area contributed by atoms with Crippen molar-refractivity contribution in [3.63, 3.8) is 0 Å². The van der Waals surface area contributed by atoms with Crippen molar-refractivity contribution in [1.82, 2.24) is 14.5 Å². The minimum absolute atomic E-state index is 0.221. The van der Waals surface area contributed by atoms with E-state index < -0.39 is 8.07 Å². The molecular weight excluding hydrogens is 472 g/mol. The van der Waals surface area contributed by atoms with Gasteiger partial charge in [0, 0.05) is 18.4 Å². The van der Waals surface area contributed by atoms with Gasteiger partial charge in [0.1, 0.15) is 6.61 Å². The van der Waals surface area contributed by atoms with Crippen LogP contribution in [0.1, 0.15) is 53.3 Å². The van der Waals surface area contributed by atoms with Crippen LogP contribution in [0.4, 0.5) is 0 Å². The largest absolute Gasteiger partial charge is 0.392 e. The standard InChI is InChI=1S/C31H36N4OSi/c1-21-17-34(20-32-21)28-12-7-23(26-10-11-27(26)28)15-24-16-31(13-14-31)19-35-29(18-36-33-30(24)35)22-5-8-25(9-6-22)37(2,3)4/h5-9,12,15,17,20,29H,10-11,13-14,16,18-19H2,1-4H3. The molecule has 0 N–H and O–H groups in total. The molecule has 37 heavy (non-hydrogen) atoms. The molecule has 6 heteroatoms. The number of nitrogens with zero attached hydrogens (tertiary/aromatic N) is 4. The number of aryl methyl sites for hydroxylation is 1. The van der Waals surface area contributed by atoms with Gasteiger partial charge in [-0.1, -0.05) is 60.3 Å². The van der Waals surface area contributed by atoms with Gasteiger partial charge in [0.05, 0.1) is 26.1 Å². The zero-order valence-corrected chi connectivity index (χ0v) is 23.4. The zero-order chi connectivity index (χ0) is 25.4. The topological polar surface area (TPSA) is 42.7 Å². The molecule has 1 atom stereocenters. The molecule has 1 saturated heterocycles. The van der Waals surface area contributed by atoms with E-state index in [1.807, 2.05) is 13.3 Å². The Labute approximate surface area is 220 Å². The summed E-state index contributed by atoms with van der Waals surface area (Å²) in [7, 11) is -1.32. The lowest BCUT2D eigenvalue weighted by molar-refractivity contribution is 0.0482. The Bertz CT molecular complexity index is 1440. The quantitative estimate of drug-likeness (QED) is 0.420. The molecule has 2 aliphatic heterocycles. The van der Waals surface area contributed by atoms with Gasteiger partial charge in [-0.15, -0.1) is 0 Å². The molecule has 4 aliphatic rings. The van der Waals surface area contributed by atoms with Crippen molar-refractivity contribution in [2.24, 2.45) is 10.6 Å². The van der Waals surface area contributed by atoms with Crippen molar-refractivity contribution in [2.45, 2.75) is 64.7 Å². The fourth-order valence-electron chi connectivity index (χ4n) is 6.36. The van der Waals surface area contributed by atoms with Gasteiger partial charge in [-0.25, -0.2) is 4.98 Å². The van der Waals surface area contributed by atoms with Gasteiger partial charge in [0.15, 0.2) is 5.84 Å². The average molecular weight is 509 g/mol. The van der Waals surface area contributed by atoms with E-state index in [0.717, 1.165) is 37.3 Å². The number of hydrogen-bond donors (Lipinski definition) is 0. The number of fused-ring (bicyclic) bond motifs is 2. The van der Waals surface area contributed by atoms with Crippen LogP contribution in [-0.2, 0) is 17.7 Å². The van der Waals surface area contributed by atoms with Crippen LogP contribution in [-0.4, -0.2) is 41.5 Å². The van der Waals surface area contributed by atoms with Crippen molar-refractivity contribution in [2.75, 3.05) is 13.2 Å². The number of hydrogen-bond acceptors (Lipinski definition) is 4. The molecule has 5 nitrogen and oxygen atoms in total. The van der Waals surface area contributed by atoms with Crippen LogP contribution in [0.5, 0.6) is 0 Å². The SMILES string of the molecule is Cc1cn(-c2ccc(C=C3CC4(CC4)CN4C3=NOCC4c3ccc([Si](C)(C)C)cc3)c3c2CC3)cn1. The molecule has 3 aromatic rings. The summed E-state index contributed by atoms with van der Waals surface area (Å²) in [6.07, 6.45) is 12.5. The second-order valence-corrected chi connectivity index (χ2v) is 17.7. The zero-order valence-electron chi connectivity index (χ0n) is 22.4. The lowest BCUT2D eigenvalue weighted by atomic mass is 9.81. The summed E-state index contributed by atoms with van der Waals surface area (Å²) in [6, 6.07) is 14.2. The third-order valence-corrected chi connectivity index (χ3v) is 11.0. The van der Waals surface area contributed by atoms with Crippen molar-refractivity contribution in [3.05, 3.63) is 82.4 Å². The maximum atomic E-state index is 5.91. The second-order valence-electron chi connectivity index (χ2n) is 12.6.